The van der Waals surface area contributed by atoms with Crippen LogP contribution in [-0.4, -0.2) is 30.5 Å². The van der Waals surface area contributed by atoms with E-state index in [-0.39, 0.29) is 19.4 Å². The lowest BCUT2D eigenvalue weighted by molar-refractivity contribution is -0.346. The van der Waals surface area contributed by atoms with Gasteiger partial charge in [0.1, 0.15) is 12.7 Å². The SMILES string of the molecule is Nc1ccc(N)c(COC(=O)C=Cc2ccc(C(=O)OC3CCC(OC(F)(F)F)CC3)cc2)c1. The molecule has 182 valence electrons. The summed E-state index contributed by atoms with van der Waals surface area (Å²) < 4.78 is 51.5. The van der Waals surface area contributed by atoms with Gasteiger partial charge in [0.05, 0.1) is 11.7 Å². The van der Waals surface area contributed by atoms with Crippen molar-refractivity contribution in [2.75, 3.05) is 11.5 Å². The zero-order valence-electron chi connectivity index (χ0n) is 18.2. The van der Waals surface area contributed by atoms with Crippen LogP contribution in [0.1, 0.15) is 47.2 Å². The molecular weight excluding hydrogens is 453 g/mol. The van der Waals surface area contributed by atoms with Crippen LogP contribution in [0.5, 0.6) is 0 Å². The number of hydrogen-bond donors (Lipinski definition) is 2. The molecule has 0 aliphatic heterocycles. The zero-order valence-corrected chi connectivity index (χ0v) is 18.2. The van der Waals surface area contributed by atoms with Crippen molar-refractivity contribution in [3.63, 3.8) is 0 Å². The number of alkyl halides is 3. The average Bonchev–Trinajstić information content (AvgIpc) is 2.79. The van der Waals surface area contributed by atoms with Crippen molar-refractivity contribution < 1.29 is 37.0 Å². The standard InChI is InChI=1S/C24H25F3N2O5/c25-24(26,27)34-20-9-7-19(8-10-20)33-23(31)16-4-1-15(2-5-16)3-12-22(30)32-14-17-13-18(28)6-11-21(17)29/h1-6,11-13,19-20H,7-10,14,28-29H2. The fourth-order valence-corrected chi connectivity index (χ4v) is 3.52. The molecule has 2 aromatic rings. The Morgan fingerprint density at radius 1 is 0.971 bits per heavy atom. The van der Waals surface area contributed by atoms with Crippen molar-refractivity contribution in [3.8, 4) is 0 Å². The van der Waals surface area contributed by atoms with Gasteiger partial charge < -0.3 is 20.9 Å². The van der Waals surface area contributed by atoms with Gasteiger partial charge in [-0.25, -0.2) is 9.59 Å². The summed E-state index contributed by atoms with van der Waals surface area (Å²) in [6.07, 6.45) is -2.30. The van der Waals surface area contributed by atoms with Crippen molar-refractivity contribution in [2.45, 2.75) is 50.9 Å². The van der Waals surface area contributed by atoms with Crippen LogP contribution in [-0.2, 0) is 25.6 Å². The van der Waals surface area contributed by atoms with Crippen molar-refractivity contribution in [3.05, 3.63) is 65.2 Å². The summed E-state index contributed by atoms with van der Waals surface area (Å²) in [6, 6.07) is 11.3. The van der Waals surface area contributed by atoms with Crippen LogP contribution in [0.25, 0.3) is 6.08 Å². The molecule has 0 bridgehead atoms. The molecule has 2 aromatic carbocycles. The number of nitrogens with two attached hydrogens (primary N) is 2. The van der Waals surface area contributed by atoms with Crippen molar-refractivity contribution in [1.82, 2.24) is 0 Å². The van der Waals surface area contributed by atoms with E-state index >= 15 is 0 Å². The minimum absolute atomic E-state index is 0.0188. The fourth-order valence-electron chi connectivity index (χ4n) is 3.52. The highest BCUT2D eigenvalue weighted by Crippen LogP contribution is 2.29. The quantitative estimate of drug-likeness (QED) is 0.339. The van der Waals surface area contributed by atoms with Gasteiger partial charge in [-0.3, -0.25) is 4.74 Å². The van der Waals surface area contributed by atoms with Crippen LogP contribution in [0.15, 0.2) is 48.5 Å². The first kappa shape index (κ1) is 25.1. The van der Waals surface area contributed by atoms with Crippen LogP contribution in [0.3, 0.4) is 0 Å². The normalized spacial score (nSPS) is 18.6. The maximum atomic E-state index is 12.3. The topological polar surface area (TPSA) is 114 Å². The Morgan fingerprint density at radius 2 is 1.62 bits per heavy atom. The number of halogens is 3. The van der Waals surface area contributed by atoms with E-state index in [4.69, 9.17) is 20.9 Å². The molecule has 10 heteroatoms. The minimum atomic E-state index is -4.66. The second kappa shape index (κ2) is 11.1. The number of carbonyl (C=O) groups is 2. The Morgan fingerprint density at radius 3 is 2.26 bits per heavy atom. The molecular formula is C24H25F3N2O5. The Hall–Kier alpha value is -3.53. The molecule has 0 aromatic heterocycles. The summed E-state index contributed by atoms with van der Waals surface area (Å²) in [4.78, 5) is 24.3. The fraction of sp³-hybridized carbons (Fsp3) is 0.333. The van der Waals surface area contributed by atoms with Gasteiger partial charge in [-0.15, -0.1) is 13.2 Å². The van der Waals surface area contributed by atoms with E-state index in [2.05, 4.69) is 4.74 Å². The summed E-state index contributed by atoms with van der Waals surface area (Å²) in [5.74, 6) is -1.13. The van der Waals surface area contributed by atoms with E-state index in [9.17, 15) is 22.8 Å². The van der Waals surface area contributed by atoms with Crippen LogP contribution in [0.2, 0.25) is 0 Å². The summed E-state index contributed by atoms with van der Waals surface area (Å²) >= 11 is 0. The second-order valence-corrected chi connectivity index (χ2v) is 7.89. The third-order valence-electron chi connectivity index (χ3n) is 5.29. The highest BCUT2D eigenvalue weighted by Gasteiger charge is 2.36. The van der Waals surface area contributed by atoms with Crippen molar-refractivity contribution in [2.24, 2.45) is 0 Å². The van der Waals surface area contributed by atoms with Gasteiger partial charge in [-0.05, 0) is 67.7 Å². The summed E-state index contributed by atoms with van der Waals surface area (Å²) in [5, 5.41) is 0. The highest BCUT2D eigenvalue weighted by atomic mass is 19.4. The number of ether oxygens (including phenoxy) is 3. The first-order chi connectivity index (χ1) is 16.1. The van der Waals surface area contributed by atoms with E-state index in [0.29, 0.717) is 40.9 Å². The van der Waals surface area contributed by atoms with Crippen LogP contribution < -0.4 is 11.5 Å². The van der Waals surface area contributed by atoms with E-state index in [1.807, 2.05) is 0 Å². The number of carbonyl (C=O) groups excluding carboxylic acids is 2. The zero-order chi connectivity index (χ0) is 24.7. The number of rotatable bonds is 7. The number of nitrogen functional groups attached to an aromatic ring is 2. The molecule has 0 amide bonds. The predicted molar refractivity (Wildman–Crippen MR) is 119 cm³/mol. The Balaban J connectivity index is 1.45. The van der Waals surface area contributed by atoms with E-state index < -0.39 is 30.5 Å². The minimum Gasteiger partial charge on any atom is -0.459 e. The molecule has 0 heterocycles. The Bertz CT molecular complexity index is 1030. The first-order valence-corrected chi connectivity index (χ1v) is 10.6. The van der Waals surface area contributed by atoms with E-state index in [1.54, 1.807) is 42.5 Å². The van der Waals surface area contributed by atoms with Crippen molar-refractivity contribution in [1.29, 1.82) is 0 Å². The highest BCUT2D eigenvalue weighted by molar-refractivity contribution is 5.90. The molecule has 0 unspecified atom stereocenters. The largest absolute Gasteiger partial charge is 0.522 e. The second-order valence-electron chi connectivity index (χ2n) is 7.89. The van der Waals surface area contributed by atoms with Gasteiger partial charge in [0.25, 0.3) is 0 Å². The smallest absolute Gasteiger partial charge is 0.459 e. The van der Waals surface area contributed by atoms with Gasteiger partial charge >= 0.3 is 18.3 Å². The maximum absolute atomic E-state index is 12.3. The number of anilines is 2. The molecule has 1 saturated carbocycles. The number of benzene rings is 2. The molecule has 0 saturated heterocycles. The molecule has 4 N–H and O–H groups in total. The van der Waals surface area contributed by atoms with Crippen molar-refractivity contribution >= 4 is 29.4 Å². The maximum Gasteiger partial charge on any atom is 0.522 e. The average molecular weight is 478 g/mol. The van der Waals surface area contributed by atoms with Gasteiger partial charge in [-0.2, -0.15) is 0 Å². The third-order valence-corrected chi connectivity index (χ3v) is 5.29. The summed E-state index contributed by atoms with van der Waals surface area (Å²) in [6.45, 7) is -0.0188. The van der Waals surface area contributed by atoms with E-state index in [1.165, 1.54) is 12.2 Å². The van der Waals surface area contributed by atoms with E-state index in [0.717, 1.165) is 0 Å². The molecule has 0 atom stereocenters. The predicted octanol–water partition coefficient (Wildman–Crippen LogP) is 4.61. The summed E-state index contributed by atoms with van der Waals surface area (Å²) in [7, 11) is 0. The van der Waals surface area contributed by atoms with Crippen LogP contribution >= 0.6 is 0 Å². The molecule has 7 nitrogen and oxygen atoms in total. The van der Waals surface area contributed by atoms with Gasteiger partial charge in [0.15, 0.2) is 0 Å². The lowest BCUT2D eigenvalue weighted by atomic mass is 9.95. The summed E-state index contributed by atoms with van der Waals surface area (Å²) in [5.41, 5.74) is 14.0. The molecule has 1 fully saturated rings. The number of hydrogen-bond acceptors (Lipinski definition) is 7. The molecule has 1 aliphatic rings. The lowest BCUT2D eigenvalue weighted by Gasteiger charge is -2.28. The monoisotopic (exact) mass is 478 g/mol. The molecule has 3 rings (SSSR count). The molecule has 0 radical (unpaired) electrons. The Kier molecular flexibility index (Phi) is 8.17. The van der Waals surface area contributed by atoms with Gasteiger partial charge in [-0.1, -0.05) is 12.1 Å². The van der Waals surface area contributed by atoms with Crippen LogP contribution in [0.4, 0.5) is 24.5 Å². The number of esters is 2. The van der Waals surface area contributed by atoms with Gasteiger partial charge in [0.2, 0.25) is 0 Å². The molecule has 34 heavy (non-hydrogen) atoms. The first-order valence-electron chi connectivity index (χ1n) is 10.6. The molecule has 0 spiro atoms. The Labute approximate surface area is 194 Å². The lowest BCUT2D eigenvalue weighted by Crippen LogP contribution is -2.31. The molecule has 1 aliphatic carbocycles. The van der Waals surface area contributed by atoms with Gasteiger partial charge in [0, 0.05) is 23.0 Å². The third kappa shape index (κ3) is 7.80. The van der Waals surface area contributed by atoms with Crippen LogP contribution in [0, 0.1) is 0 Å².